The third kappa shape index (κ3) is 2.94. The number of carbonyl (C=O) groups excluding carboxylic acids is 1. The molecule has 1 atom stereocenters. The van der Waals surface area contributed by atoms with Gasteiger partial charge < -0.3 is 9.32 Å². The van der Waals surface area contributed by atoms with E-state index < -0.39 is 11.7 Å². The highest BCUT2D eigenvalue weighted by atomic mass is 35.5. The maximum Gasteiger partial charge on any atom is 0.257 e. The Kier molecular flexibility index (Phi) is 4.27. The van der Waals surface area contributed by atoms with Gasteiger partial charge in [-0.25, -0.2) is 4.39 Å². The van der Waals surface area contributed by atoms with E-state index in [0.717, 1.165) is 11.3 Å². The molecule has 2 aromatic heterocycles. The van der Waals surface area contributed by atoms with Gasteiger partial charge >= 0.3 is 0 Å². The number of likely N-dealkylation sites (tertiary alicyclic amines) is 1. The molecule has 25 heavy (non-hydrogen) atoms. The van der Waals surface area contributed by atoms with E-state index in [-0.39, 0.29) is 16.6 Å². The zero-order valence-corrected chi connectivity index (χ0v) is 14.6. The zero-order chi connectivity index (χ0) is 17.4. The molecule has 0 bridgehead atoms. The smallest absolute Gasteiger partial charge is 0.257 e. The first-order chi connectivity index (χ1) is 12.1. The van der Waals surface area contributed by atoms with Gasteiger partial charge in [0.15, 0.2) is 5.82 Å². The Balaban J connectivity index is 1.62. The van der Waals surface area contributed by atoms with E-state index in [1.165, 1.54) is 23.5 Å². The van der Waals surface area contributed by atoms with Crippen LogP contribution in [0.4, 0.5) is 4.39 Å². The summed E-state index contributed by atoms with van der Waals surface area (Å²) in [7, 11) is 0. The SMILES string of the molecule is O=C(c1cccc(Cl)c1F)N1CCCC1c1nnc(-c2cccs2)o1. The molecule has 5 nitrogen and oxygen atoms in total. The van der Waals surface area contributed by atoms with Gasteiger partial charge in [-0.15, -0.1) is 21.5 Å². The summed E-state index contributed by atoms with van der Waals surface area (Å²) in [6, 6.07) is 7.85. The highest BCUT2D eigenvalue weighted by Gasteiger charge is 2.35. The Hall–Kier alpha value is -2.25. The number of aromatic nitrogens is 2. The van der Waals surface area contributed by atoms with Gasteiger partial charge in [0.2, 0.25) is 5.89 Å². The van der Waals surface area contributed by atoms with E-state index in [9.17, 15) is 9.18 Å². The summed E-state index contributed by atoms with van der Waals surface area (Å²) in [4.78, 5) is 15.2. The topological polar surface area (TPSA) is 59.2 Å². The molecule has 1 amide bonds. The fraction of sp³-hybridized carbons (Fsp3) is 0.235. The lowest BCUT2D eigenvalue weighted by atomic mass is 10.1. The molecule has 128 valence electrons. The molecular weight excluding hydrogens is 365 g/mol. The normalized spacial score (nSPS) is 17.2. The third-order valence-corrected chi connectivity index (χ3v) is 5.30. The third-order valence-electron chi connectivity index (χ3n) is 4.15. The number of nitrogens with zero attached hydrogens (tertiary/aromatic N) is 3. The molecule has 0 N–H and O–H groups in total. The number of halogens is 2. The van der Waals surface area contributed by atoms with Crippen molar-refractivity contribution in [1.29, 1.82) is 0 Å². The Morgan fingerprint density at radius 1 is 1.32 bits per heavy atom. The van der Waals surface area contributed by atoms with Gasteiger partial charge in [-0.05, 0) is 36.4 Å². The van der Waals surface area contributed by atoms with E-state index in [0.29, 0.717) is 24.7 Å². The van der Waals surface area contributed by atoms with Crippen molar-refractivity contribution in [2.45, 2.75) is 18.9 Å². The minimum atomic E-state index is -0.704. The van der Waals surface area contributed by atoms with Crippen LogP contribution in [-0.4, -0.2) is 27.5 Å². The van der Waals surface area contributed by atoms with Crippen LogP contribution in [0.2, 0.25) is 5.02 Å². The van der Waals surface area contributed by atoms with Crippen LogP contribution < -0.4 is 0 Å². The van der Waals surface area contributed by atoms with Crippen LogP contribution in [0.25, 0.3) is 10.8 Å². The van der Waals surface area contributed by atoms with E-state index in [1.807, 2.05) is 17.5 Å². The summed E-state index contributed by atoms with van der Waals surface area (Å²) in [6.07, 6.45) is 1.48. The van der Waals surface area contributed by atoms with E-state index >= 15 is 0 Å². The molecule has 0 aliphatic carbocycles. The molecule has 1 unspecified atom stereocenters. The van der Waals surface area contributed by atoms with Crippen molar-refractivity contribution >= 4 is 28.8 Å². The monoisotopic (exact) mass is 377 g/mol. The molecule has 1 saturated heterocycles. The van der Waals surface area contributed by atoms with Crippen LogP contribution >= 0.6 is 22.9 Å². The van der Waals surface area contributed by atoms with Gasteiger partial charge in [0, 0.05) is 6.54 Å². The van der Waals surface area contributed by atoms with Gasteiger partial charge in [-0.2, -0.15) is 0 Å². The van der Waals surface area contributed by atoms with Crippen molar-refractivity contribution in [3.63, 3.8) is 0 Å². The van der Waals surface area contributed by atoms with Gasteiger partial charge in [0.05, 0.1) is 15.5 Å². The maximum atomic E-state index is 14.2. The molecule has 1 aromatic carbocycles. The van der Waals surface area contributed by atoms with Crippen LogP contribution in [0.15, 0.2) is 40.1 Å². The van der Waals surface area contributed by atoms with Crippen molar-refractivity contribution in [3.8, 4) is 10.8 Å². The van der Waals surface area contributed by atoms with E-state index in [2.05, 4.69) is 10.2 Å². The summed E-state index contributed by atoms with van der Waals surface area (Å²) in [6.45, 7) is 0.506. The average molecular weight is 378 g/mol. The van der Waals surface area contributed by atoms with E-state index in [4.69, 9.17) is 16.0 Å². The largest absolute Gasteiger partial charge is 0.418 e. The second kappa shape index (κ2) is 6.57. The average Bonchev–Trinajstić information content (AvgIpc) is 3.36. The molecule has 3 heterocycles. The summed E-state index contributed by atoms with van der Waals surface area (Å²) in [5.41, 5.74) is -0.0441. The van der Waals surface area contributed by atoms with Crippen molar-refractivity contribution < 1.29 is 13.6 Å². The van der Waals surface area contributed by atoms with Crippen molar-refractivity contribution in [2.24, 2.45) is 0 Å². The first kappa shape index (κ1) is 16.2. The second-order valence-electron chi connectivity index (χ2n) is 5.68. The molecule has 8 heteroatoms. The molecule has 0 radical (unpaired) electrons. The number of thiophene rings is 1. The second-order valence-corrected chi connectivity index (χ2v) is 7.04. The maximum absolute atomic E-state index is 14.2. The summed E-state index contributed by atoms with van der Waals surface area (Å²) in [5, 5.41) is 10.0. The molecule has 0 spiro atoms. The summed E-state index contributed by atoms with van der Waals surface area (Å²) < 4.78 is 20.0. The Labute approximate surface area is 152 Å². The molecular formula is C17H13ClFN3O2S. The Bertz CT molecular complexity index is 913. The minimum Gasteiger partial charge on any atom is -0.418 e. The highest BCUT2D eigenvalue weighted by Crippen LogP contribution is 2.35. The number of hydrogen-bond acceptors (Lipinski definition) is 5. The van der Waals surface area contributed by atoms with Gasteiger partial charge in [0.25, 0.3) is 11.8 Å². The van der Waals surface area contributed by atoms with Crippen LogP contribution in [0.3, 0.4) is 0 Å². The Morgan fingerprint density at radius 3 is 3.00 bits per heavy atom. The fourth-order valence-electron chi connectivity index (χ4n) is 2.96. The van der Waals surface area contributed by atoms with Gasteiger partial charge in [-0.1, -0.05) is 23.7 Å². The number of amides is 1. The van der Waals surface area contributed by atoms with Crippen molar-refractivity contribution in [2.75, 3.05) is 6.54 Å². The molecule has 0 saturated carbocycles. The summed E-state index contributed by atoms with van der Waals surface area (Å²) >= 11 is 7.29. The molecule has 1 aliphatic heterocycles. The van der Waals surface area contributed by atoms with Crippen molar-refractivity contribution in [3.05, 3.63) is 58.0 Å². The first-order valence-corrected chi connectivity index (χ1v) is 9.03. The quantitative estimate of drug-likeness (QED) is 0.671. The number of rotatable bonds is 3. The van der Waals surface area contributed by atoms with Crippen LogP contribution in [-0.2, 0) is 0 Å². The lowest BCUT2D eigenvalue weighted by molar-refractivity contribution is 0.0711. The molecule has 4 rings (SSSR count). The van der Waals surface area contributed by atoms with E-state index in [1.54, 1.807) is 11.0 Å². The Morgan fingerprint density at radius 2 is 2.20 bits per heavy atom. The fourth-order valence-corrected chi connectivity index (χ4v) is 3.78. The zero-order valence-electron chi connectivity index (χ0n) is 13.0. The summed E-state index contributed by atoms with van der Waals surface area (Å²) in [5.74, 6) is -0.321. The predicted octanol–water partition coefficient (Wildman–Crippen LogP) is 4.57. The molecule has 1 fully saturated rings. The van der Waals surface area contributed by atoms with Crippen LogP contribution in [0.1, 0.15) is 35.1 Å². The first-order valence-electron chi connectivity index (χ1n) is 7.77. The van der Waals surface area contributed by atoms with Crippen LogP contribution in [0.5, 0.6) is 0 Å². The van der Waals surface area contributed by atoms with Gasteiger partial charge in [-0.3, -0.25) is 4.79 Å². The molecule has 1 aliphatic rings. The lowest BCUT2D eigenvalue weighted by Gasteiger charge is -2.22. The lowest BCUT2D eigenvalue weighted by Crippen LogP contribution is -2.31. The number of carbonyl (C=O) groups is 1. The molecule has 3 aromatic rings. The highest BCUT2D eigenvalue weighted by molar-refractivity contribution is 7.13. The van der Waals surface area contributed by atoms with Crippen molar-refractivity contribution in [1.82, 2.24) is 15.1 Å². The number of benzene rings is 1. The van der Waals surface area contributed by atoms with Crippen LogP contribution in [0, 0.1) is 5.82 Å². The predicted molar refractivity (Wildman–Crippen MR) is 92.0 cm³/mol. The standard InChI is InChI=1S/C17H13ClFN3O2S/c18-11-5-1-4-10(14(11)19)17(23)22-8-2-6-12(22)15-20-21-16(24-15)13-7-3-9-25-13/h1,3-5,7,9,12H,2,6,8H2. The number of hydrogen-bond donors (Lipinski definition) is 0. The minimum absolute atomic E-state index is 0.0441. The van der Waals surface area contributed by atoms with Gasteiger partial charge in [0.1, 0.15) is 6.04 Å².